The van der Waals surface area contributed by atoms with E-state index >= 15 is 0 Å². The van der Waals surface area contributed by atoms with Crippen LogP contribution in [0.4, 0.5) is 11.4 Å². The Hall–Kier alpha value is -2.41. The molecule has 6 nitrogen and oxygen atoms in total. The zero-order valence-corrected chi connectivity index (χ0v) is 16.3. The van der Waals surface area contributed by atoms with Crippen LogP contribution in [-0.4, -0.2) is 43.0 Å². The topological polar surface area (TPSA) is 74.6 Å². The highest BCUT2D eigenvalue weighted by molar-refractivity contribution is 7.98. The summed E-state index contributed by atoms with van der Waals surface area (Å²) in [5.41, 5.74) is 1.90. The predicted octanol–water partition coefficient (Wildman–Crippen LogP) is 3.37. The van der Waals surface area contributed by atoms with Gasteiger partial charge in [0.25, 0.3) is 5.91 Å². The lowest BCUT2D eigenvalue weighted by Gasteiger charge is -2.19. The Kier molecular flexibility index (Phi) is 6.81. The average Bonchev–Trinajstić information content (AvgIpc) is 3.39. The standard InChI is InChI=1S/C20H25N3O3S/c1-27-14-10-17(22-20(25)18-5-4-13-26-18)19(24)21-15-6-8-16(9-7-15)23-11-2-3-12-23/h4-9,13,17H,2-3,10-12,14H2,1H3,(H,21,24)(H,22,25)/t17-/m1/s1. The van der Waals surface area contributed by atoms with Crippen LogP contribution in [0, 0.1) is 0 Å². The smallest absolute Gasteiger partial charge is 0.287 e. The van der Waals surface area contributed by atoms with Crippen molar-refractivity contribution in [2.24, 2.45) is 0 Å². The maximum absolute atomic E-state index is 12.7. The summed E-state index contributed by atoms with van der Waals surface area (Å²) < 4.78 is 5.11. The second-order valence-corrected chi connectivity index (χ2v) is 7.50. The predicted molar refractivity (Wildman–Crippen MR) is 109 cm³/mol. The molecule has 0 unspecified atom stereocenters. The van der Waals surface area contributed by atoms with Gasteiger partial charge in [-0.2, -0.15) is 11.8 Å². The number of hydrogen-bond acceptors (Lipinski definition) is 5. The number of anilines is 2. The molecule has 2 heterocycles. The fraction of sp³-hybridized carbons (Fsp3) is 0.400. The largest absolute Gasteiger partial charge is 0.459 e. The van der Waals surface area contributed by atoms with Gasteiger partial charge < -0.3 is 20.0 Å². The maximum atomic E-state index is 12.7. The first-order valence-electron chi connectivity index (χ1n) is 9.16. The number of hydrogen-bond donors (Lipinski definition) is 2. The summed E-state index contributed by atoms with van der Waals surface area (Å²) in [5, 5.41) is 5.67. The summed E-state index contributed by atoms with van der Waals surface area (Å²) in [6, 6.07) is 10.5. The van der Waals surface area contributed by atoms with Crippen molar-refractivity contribution in [2.75, 3.05) is 35.3 Å². The molecule has 1 aromatic heterocycles. The Bertz CT molecular complexity index is 740. The van der Waals surface area contributed by atoms with Crippen molar-refractivity contribution in [1.82, 2.24) is 5.32 Å². The average molecular weight is 388 g/mol. The zero-order valence-electron chi connectivity index (χ0n) is 15.4. The lowest BCUT2D eigenvalue weighted by Crippen LogP contribution is -2.44. The highest BCUT2D eigenvalue weighted by Gasteiger charge is 2.22. The Labute approximate surface area is 163 Å². The molecule has 27 heavy (non-hydrogen) atoms. The first kappa shape index (κ1) is 19.4. The van der Waals surface area contributed by atoms with E-state index in [9.17, 15) is 9.59 Å². The van der Waals surface area contributed by atoms with Crippen LogP contribution in [0.25, 0.3) is 0 Å². The summed E-state index contributed by atoms with van der Waals surface area (Å²) in [5.74, 6) is 0.361. The number of carbonyl (C=O) groups is 2. The third kappa shape index (κ3) is 5.29. The first-order valence-corrected chi connectivity index (χ1v) is 10.6. The summed E-state index contributed by atoms with van der Waals surface area (Å²) >= 11 is 1.63. The Balaban J connectivity index is 1.61. The quantitative estimate of drug-likeness (QED) is 0.726. The van der Waals surface area contributed by atoms with Crippen molar-refractivity contribution in [2.45, 2.75) is 25.3 Å². The van der Waals surface area contributed by atoms with Crippen LogP contribution >= 0.6 is 11.8 Å². The molecule has 144 valence electrons. The molecular weight excluding hydrogens is 362 g/mol. The molecule has 2 N–H and O–H groups in total. The number of nitrogens with zero attached hydrogens (tertiary/aromatic N) is 1. The van der Waals surface area contributed by atoms with E-state index in [0.717, 1.165) is 24.5 Å². The van der Waals surface area contributed by atoms with E-state index in [0.29, 0.717) is 6.42 Å². The zero-order chi connectivity index (χ0) is 19.1. The SMILES string of the molecule is CSCC[C@@H](NC(=O)c1ccco1)C(=O)Nc1ccc(N2CCCC2)cc1. The lowest BCUT2D eigenvalue weighted by atomic mass is 10.2. The number of amides is 2. The van der Waals surface area contributed by atoms with Gasteiger partial charge in [0.1, 0.15) is 6.04 Å². The molecule has 1 aliphatic heterocycles. The molecular formula is C20H25N3O3S. The molecule has 0 spiro atoms. The Morgan fingerprint density at radius 3 is 2.56 bits per heavy atom. The maximum Gasteiger partial charge on any atom is 0.287 e. The van der Waals surface area contributed by atoms with Gasteiger partial charge in [0.2, 0.25) is 5.91 Å². The second kappa shape index (κ2) is 9.50. The lowest BCUT2D eigenvalue weighted by molar-refractivity contribution is -0.118. The molecule has 3 rings (SSSR count). The molecule has 1 aromatic carbocycles. The van der Waals surface area contributed by atoms with Crippen LogP contribution in [-0.2, 0) is 4.79 Å². The third-order valence-electron chi connectivity index (χ3n) is 4.58. The van der Waals surface area contributed by atoms with Crippen molar-refractivity contribution in [3.63, 3.8) is 0 Å². The van der Waals surface area contributed by atoms with E-state index < -0.39 is 6.04 Å². The molecule has 0 radical (unpaired) electrons. The molecule has 2 amide bonds. The van der Waals surface area contributed by atoms with Crippen LogP contribution in [0.1, 0.15) is 29.8 Å². The van der Waals surface area contributed by atoms with E-state index in [2.05, 4.69) is 15.5 Å². The van der Waals surface area contributed by atoms with Crippen molar-refractivity contribution < 1.29 is 14.0 Å². The normalized spacial score (nSPS) is 14.8. The van der Waals surface area contributed by atoms with Crippen molar-refractivity contribution in [1.29, 1.82) is 0 Å². The van der Waals surface area contributed by atoms with E-state index in [-0.39, 0.29) is 17.6 Å². The van der Waals surface area contributed by atoms with Gasteiger partial charge >= 0.3 is 0 Å². The fourth-order valence-electron chi connectivity index (χ4n) is 3.10. The summed E-state index contributed by atoms with van der Waals surface area (Å²) in [6.45, 7) is 2.17. The number of furan rings is 1. The minimum absolute atomic E-state index is 0.201. The molecule has 1 fully saturated rings. The van der Waals surface area contributed by atoms with Crippen LogP contribution in [0.15, 0.2) is 47.1 Å². The summed E-state index contributed by atoms with van der Waals surface area (Å²) in [4.78, 5) is 27.3. The van der Waals surface area contributed by atoms with Crippen LogP contribution < -0.4 is 15.5 Å². The van der Waals surface area contributed by atoms with Crippen molar-refractivity contribution in [3.8, 4) is 0 Å². The van der Waals surface area contributed by atoms with Gasteiger partial charge in [0.15, 0.2) is 5.76 Å². The van der Waals surface area contributed by atoms with Gasteiger partial charge in [-0.05, 0) is 67.7 Å². The number of benzene rings is 1. The molecule has 1 aliphatic rings. The minimum atomic E-state index is -0.617. The third-order valence-corrected chi connectivity index (χ3v) is 5.23. The summed E-state index contributed by atoms with van der Waals surface area (Å²) in [7, 11) is 0. The van der Waals surface area contributed by atoms with Crippen molar-refractivity contribution >= 4 is 35.0 Å². The van der Waals surface area contributed by atoms with Gasteiger partial charge in [0.05, 0.1) is 6.26 Å². The monoisotopic (exact) mass is 387 g/mol. The van der Waals surface area contributed by atoms with E-state index in [1.807, 2.05) is 30.5 Å². The first-order chi connectivity index (χ1) is 13.2. The van der Waals surface area contributed by atoms with Gasteiger partial charge in [0, 0.05) is 24.5 Å². The van der Waals surface area contributed by atoms with Gasteiger partial charge in [-0.3, -0.25) is 9.59 Å². The Morgan fingerprint density at radius 1 is 1.19 bits per heavy atom. The van der Waals surface area contributed by atoms with Crippen molar-refractivity contribution in [3.05, 3.63) is 48.4 Å². The molecule has 1 atom stereocenters. The van der Waals surface area contributed by atoms with E-state index in [1.165, 1.54) is 24.8 Å². The molecule has 0 bridgehead atoms. The number of carbonyl (C=O) groups excluding carboxylic acids is 2. The molecule has 2 aromatic rings. The molecule has 0 aliphatic carbocycles. The van der Waals surface area contributed by atoms with E-state index in [1.54, 1.807) is 23.9 Å². The highest BCUT2D eigenvalue weighted by Crippen LogP contribution is 2.22. The molecule has 1 saturated heterocycles. The van der Waals surface area contributed by atoms with Crippen LogP contribution in [0.3, 0.4) is 0 Å². The van der Waals surface area contributed by atoms with E-state index in [4.69, 9.17) is 4.42 Å². The molecule has 0 saturated carbocycles. The molecule has 7 heteroatoms. The van der Waals surface area contributed by atoms with Gasteiger partial charge in [-0.1, -0.05) is 0 Å². The summed E-state index contributed by atoms with van der Waals surface area (Å²) in [6.07, 6.45) is 6.41. The number of thioether (sulfide) groups is 1. The highest BCUT2D eigenvalue weighted by atomic mass is 32.2. The minimum Gasteiger partial charge on any atom is -0.459 e. The van der Waals surface area contributed by atoms with Gasteiger partial charge in [-0.15, -0.1) is 0 Å². The Morgan fingerprint density at radius 2 is 1.93 bits per heavy atom. The van der Waals surface area contributed by atoms with Gasteiger partial charge in [-0.25, -0.2) is 0 Å². The fourth-order valence-corrected chi connectivity index (χ4v) is 3.57. The van der Waals surface area contributed by atoms with Crippen LogP contribution in [0.2, 0.25) is 0 Å². The number of nitrogens with one attached hydrogen (secondary N) is 2. The van der Waals surface area contributed by atoms with Crippen LogP contribution in [0.5, 0.6) is 0 Å². The second-order valence-electron chi connectivity index (χ2n) is 6.52. The number of rotatable bonds is 8.